The molecule has 0 aliphatic heterocycles. The molecule has 2 aromatic rings. The quantitative estimate of drug-likeness (QED) is 0.660. The third kappa shape index (κ3) is 6.11. The summed E-state index contributed by atoms with van der Waals surface area (Å²) < 4.78 is 30.8. The Morgan fingerprint density at radius 1 is 1.14 bits per heavy atom. The normalized spacial score (nSPS) is 11.2. The van der Waals surface area contributed by atoms with Crippen LogP contribution >= 0.6 is 11.6 Å². The number of carbonyl (C=O) groups is 1. The number of nitrogens with zero attached hydrogens (tertiary/aromatic N) is 1. The van der Waals surface area contributed by atoms with E-state index in [0.29, 0.717) is 22.9 Å². The first kappa shape index (κ1) is 23.0. The summed E-state index contributed by atoms with van der Waals surface area (Å²) in [6, 6.07) is 8.82. The first-order valence-electron chi connectivity index (χ1n) is 9.22. The number of benzene rings is 2. The van der Waals surface area contributed by atoms with Crippen LogP contribution in [-0.4, -0.2) is 34.2 Å². The molecule has 0 radical (unpaired) electrons. The van der Waals surface area contributed by atoms with Gasteiger partial charge in [0.25, 0.3) is 0 Å². The molecule has 0 bridgehead atoms. The lowest BCUT2D eigenvalue weighted by molar-refractivity contribution is -0.116. The van der Waals surface area contributed by atoms with Crippen LogP contribution in [-0.2, 0) is 14.8 Å². The number of amides is 1. The average molecular weight is 439 g/mol. The third-order valence-electron chi connectivity index (χ3n) is 4.53. The van der Waals surface area contributed by atoms with E-state index in [1.54, 1.807) is 18.2 Å². The lowest BCUT2D eigenvalue weighted by Gasteiger charge is -2.23. The van der Waals surface area contributed by atoms with Gasteiger partial charge in [-0.1, -0.05) is 29.3 Å². The van der Waals surface area contributed by atoms with Crippen molar-refractivity contribution < 1.29 is 17.9 Å². The number of hydrogen-bond donors (Lipinski definition) is 1. The van der Waals surface area contributed by atoms with Gasteiger partial charge in [-0.3, -0.25) is 9.10 Å². The van der Waals surface area contributed by atoms with Gasteiger partial charge in [-0.15, -0.1) is 0 Å². The Bertz CT molecular complexity index is 983. The van der Waals surface area contributed by atoms with Gasteiger partial charge in [0.05, 0.1) is 24.1 Å². The molecule has 158 valence electrons. The molecular formula is C21H27ClN2O4S. The van der Waals surface area contributed by atoms with Crippen molar-refractivity contribution in [2.45, 2.75) is 33.6 Å². The Hall–Kier alpha value is -2.25. The second-order valence-corrected chi connectivity index (χ2v) is 9.39. The molecule has 2 rings (SSSR count). The highest BCUT2D eigenvalue weighted by molar-refractivity contribution is 7.92. The van der Waals surface area contributed by atoms with Crippen LogP contribution in [0.4, 0.5) is 11.4 Å². The number of aryl methyl sites for hydroxylation is 3. The second-order valence-electron chi connectivity index (χ2n) is 7.08. The van der Waals surface area contributed by atoms with Gasteiger partial charge in [0, 0.05) is 18.7 Å². The summed E-state index contributed by atoms with van der Waals surface area (Å²) in [5.41, 5.74) is 4.38. The topological polar surface area (TPSA) is 75.7 Å². The van der Waals surface area contributed by atoms with E-state index in [1.165, 1.54) is 11.4 Å². The molecule has 0 atom stereocenters. The molecule has 0 aliphatic rings. The van der Waals surface area contributed by atoms with E-state index in [4.69, 9.17) is 16.3 Å². The van der Waals surface area contributed by atoms with E-state index in [2.05, 4.69) is 5.32 Å². The van der Waals surface area contributed by atoms with E-state index in [9.17, 15) is 13.2 Å². The number of carbonyl (C=O) groups excluding carboxylic acids is 1. The summed E-state index contributed by atoms with van der Waals surface area (Å²) in [6.45, 7) is 6.08. The molecule has 0 heterocycles. The third-order valence-corrected chi connectivity index (χ3v) is 6.02. The van der Waals surface area contributed by atoms with Crippen LogP contribution in [0, 0.1) is 20.8 Å². The fourth-order valence-corrected chi connectivity index (χ4v) is 4.47. The van der Waals surface area contributed by atoms with Crippen molar-refractivity contribution in [3.63, 3.8) is 0 Å². The number of hydrogen-bond acceptors (Lipinski definition) is 4. The number of methoxy groups -OCH3 is 1. The molecule has 6 nitrogen and oxygen atoms in total. The van der Waals surface area contributed by atoms with E-state index in [1.807, 2.05) is 32.9 Å². The number of ether oxygens (including phenoxy) is 1. The van der Waals surface area contributed by atoms with Gasteiger partial charge < -0.3 is 10.1 Å². The summed E-state index contributed by atoms with van der Waals surface area (Å²) in [4.78, 5) is 12.4. The van der Waals surface area contributed by atoms with Crippen molar-refractivity contribution in [3.05, 3.63) is 52.0 Å². The summed E-state index contributed by atoms with van der Waals surface area (Å²) in [6.07, 6.45) is 1.69. The second kappa shape index (κ2) is 9.50. The fraction of sp³-hybridized carbons (Fsp3) is 0.381. The SMILES string of the molecule is COc1ccc(N(CCCC(=O)Nc2c(C)cc(C)cc2C)S(C)(=O)=O)cc1Cl. The molecule has 0 saturated carbocycles. The standard InChI is InChI=1S/C21H27ClN2O4S/c1-14-11-15(2)21(16(3)12-14)23-20(25)7-6-10-24(29(5,26)27)17-8-9-19(28-4)18(22)13-17/h8-9,11-13H,6-7,10H2,1-5H3,(H,23,25). The molecular weight excluding hydrogens is 412 g/mol. The van der Waals surface area contributed by atoms with Gasteiger partial charge in [0.15, 0.2) is 0 Å². The smallest absolute Gasteiger partial charge is 0.232 e. The Morgan fingerprint density at radius 3 is 2.28 bits per heavy atom. The molecule has 29 heavy (non-hydrogen) atoms. The molecule has 8 heteroatoms. The predicted molar refractivity (Wildman–Crippen MR) is 119 cm³/mol. The van der Waals surface area contributed by atoms with Crippen LogP contribution < -0.4 is 14.4 Å². The zero-order chi connectivity index (χ0) is 21.8. The molecule has 0 aliphatic carbocycles. The highest BCUT2D eigenvalue weighted by atomic mass is 35.5. The monoisotopic (exact) mass is 438 g/mol. The average Bonchev–Trinajstić information content (AvgIpc) is 2.60. The number of rotatable bonds is 8. The molecule has 0 unspecified atom stereocenters. The lowest BCUT2D eigenvalue weighted by Crippen LogP contribution is -2.31. The van der Waals surface area contributed by atoms with Crippen LogP contribution in [0.1, 0.15) is 29.5 Å². The Balaban J connectivity index is 2.06. The molecule has 2 aromatic carbocycles. The van der Waals surface area contributed by atoms with Gasteiger partial charge in [-0.2, -0.15) is 0 Å². The van der Waals surface area contributed by atoms with Crippen molar-refractivity contribution in [3.8, 4) is 5.75 Å². The summed E-state index contributed by atoms with van der Waals surface area (Å²) in [5, 5.41) is 3.26. The Morgan fingerprint density at radius 2 is 1.76 bits per heavy atom. The van der Waals surface area contributed by atoms with E-state index >= 15 is 0 Å². The molecule has 0 saturated heterocycles. The minimum atomic E-state index is -3.53. The van der Waals surface area contributed by atoms with Crippen LogP contribution in [0.2, 0.25) is 5.02 Å². The number of nitrogens with one attached hydrogen (secondary N) is 1. The predicted octanol–water partition coefficient (Wildman–Crippen LogP) is 4.46. The van der Waals surface area contributed by atoms with E-state index in [0.717, 1.165) is 28.6 Å². The maximum Gasteiger partial charge on any atom is 0.232 e. The van der Waals surface area contributed by atoms with Gasteiger partial charge in [0.1, 0.15) is 5.75 Å². The first-order valence-corrected chi connectivity index (χ1v) is 11.4. The molecule has 0 spiro atoms. The van der Waals surface area contributed by atoms with Crippen LogP contribution in [0.15, 0.2) is 30.3 Å². The Labute approximate surface area is 177 Å². The van der Waals surface area contributed by atoms with Gasteiger partial charge in [-0.05, 0) is 56.5 Å². The molecule has 1 amide bonds. The van der Waals surface area contributed by atoms with Crippen molar-refractivity contribution in [1.82, 2.24) is 0 Å². The molecule has 1 N–H and O–H groups in total. The summed E-state index contributed by atoms with van der Waals surface area (Å²) in [5.74, 6) is 0.313. The lowest BCUT2D eigenvalue weighted by atomic mass is 10.0. The van der Waals surface area contributed by atoms with Gasteiger partial charge in [0.2, 0.25) is 15.9 Å². The fourth-order valence-electron chi connectivity index (χ4n) is 3.26. The van der Waals surface area contributed by atoms with Crippen molar-refractivity contribution in [2.75, 3.05) is 29.5 Å². The number of sulfonamides is 1. The largest absolute Gasteiger partial charge is 0.495 e. The molecule has 0 aromatic heterocycles. The van der Waals surface area contributed by atoms with Crippen molar-refractivity contribution in [1.29, 1.82) is 0 Å². The van der Waals surface area contributed by atoms with Gasteiger partial charge >= 0.3 is 0 Å². The maximum absolute atomic E-state index is 12.4. The van der Waals surface area contributed by atoms with Crippen molar-refractivity contribution in [2.24, 2.45) is 0 Å². The minimum absolute atomic E-state index is 0.152. The summed E-state index contributed by atoms with van der Waals surface area (Å²) in [7, 11) is -2.04. The zero-order valence-electron chi connectivity index (χ0n) is 17.4. The Kier molecular flexibility index (Phi) is 7.54. The number of anilines is 2. The van der Waals surface area contributed by atoms with Crippen LogP contribution in [0.25, 0.3) is 0 Å². The van der Waals surface area contributed by atoms with E-state index < -0.39 is 10.0 Å². The maximum atomic E-state index is 12.4. The highest BCUT2D eigenvalue weighted by Gasteiger charge is 2.19. The zero-order valence-corrected chi connectivity index (χ0v) is 18.9. The van der Waals surface area contributed by atoms with Gasteiger partial charge in [-0.25, -0.2) is 8.42 Å². The molecule has 0 fully saturated rings. The van der Waals surface area contributed by atoms with E-state index in [-0.39, 0.29) is 18.9 Å². The van der Waals surface area contributed by atoms with Crippen LogP contribution in [0.5, 0.6) is 5.75 Å². The summed E-state index contributed by atoms with van der Waals surface area (Å²) >= 11 is 6.13. The highest BCUT2D eigenvalue weighted by Crippen LogP contribution is 2.30. The van der Waals surface area contributed by atoms with Crippen LogP contribution in [0.3, 0.4) is 0 Å². The minimum Gasteiger partial charge on any atom is -0.495 e. The first-order chi connectivity index (χ1) is 13.5. The van der Waals surface area contributed by atoms with Crippen molar-refractivity contribution >= 4 is 38.9 Å². The number of halogens is 1.